The van der Waals surface area contributed by atoms with Crippen LogP contribution in [-0.2, 0) is 0 Å². The van der Waals surface area contributed by atoms with Crippen molar-refractivity contribution < 1.29 is 4.74 Å². The zero-order chi connectivity index (χ0) is 15.2. The summed E-state index contributed by atoms with van der Waals surface area (Å²) >= 11 is 0. The van der Waals surface area contributed by atoms with Gasteiger partial charge in [0.25, 0.3) is 0 Å². The predicted molar refractivity (Wildman–Crippen MR) is 85.1 cm³/mol. The van der Waals surface area contributed by atoms with Crippen molar-refractivity contribution in [1.82, 2.24) is 5.32 Å². The molecule has 114 valence electrons. The molecule has 1 aliphatic carbocycles. The second-order valence-corrected chi connectivity index (χ2v) is 6.44. The second kappa shape index (κ2) is 7.47. The molecule has 0 bridgehead atoms. The Hall–Kier alpha value is -1.53. The Bertz CT molecular complexity index is 475. The monoisotopic (exact) mass is 286 g/mol. The third-order valence-corrected chi connectivity index (χ3v) is 4.11. The van der Waals surface area contributed by atoms with Crippen LogP contribution >= 0.6 is 0 Å². The van der Waals surface area contributed by atoms with Gasteiger partial charge in [-0.05, 0) is 43.4 Å². The minimum absolute atomic E-state index is 0.168. The molecular weight excluding hydrogens is 260 g/mol. The number of ether oxygens (including phenoxy) is 1. The summed E-state index contributed by atoms with van der Waals surface area (Å²) in [5, 5.41) is 12.8. The summed E-state index contributed by atoms with van der Waals surface area (Å²) in [6.07, 6.45) is 3.30. The maximum atomic E-state index is 9.15. The zero-order valence-electron chi connectivity index (χ0n) is 13.3. The van der Waals surface area contributed by atoms with E-state index in [0.29, 0.717) is 12.0 Å². The van der Waals surface area contributed by atoms with Crippen molar-refractivity contribution in [2.75, 3.05) is 6.61 Å². The van der Waals surface area contributed by atoms with Crippen molar-refractivity contribution in [2.24, 2.45) is 11.8 Å². The molecule has 0 aliphatic heterocycles. The van der Waals surface area contributed by atoms with Crippen LogP contribution in [0, 0.1) is 23.2 Å². The van der Waals surface area contributed by atoms with Gasteiger partial charge in [-0.15, -0.1) is 0 Å². The van der Waals surface area contributed by atoms with Crippen LogP contribution in [0.5, 0.6) is 5.75 Å². The van der Waals surface area contributed by atoms with E-state index < -0.39 is 0 Å². The van der Waals surface area contributed by atoms with Crippen molar-refractivity contribution in [3.05, 3.63) is 29.8 Å². The van der Waals surface area contributed by atoms with E-state index in [1.165, 1.54) is 5.56 Å². The van der Waals surface area contributed by atoms with Crippen molar-refractivity contribution in [3.63, 3.8) is 0 Å². The lowest BCUT2D eigenvalue weighted by Crippen LogP contribution is -2.33. The molecule has 1 aliphatic rings. The minimum Gasteiger partial charge on any atom is -0.493 e. The third-order valence-electron chi connectivity index (χ3n) is 4.11. The lowest BCUT2D eigenvalue weighted by molar-refractivity contribution is 0.271. The van der Waals surface area contributed by atoms with Gasteiger partial charge in [-0.2, -0.15) is 5.26 Å². The SMILES string of the molecule is CC(C)COc1ccc(C(C)NC2CCCC2C#N)cc1. The molecule has 1 saturated carbocycles. The Balaban J connectivity index is 1.90. The van der Waals surface area contributed by atoms with Crippen LogP contribution in [0.25, 0.3) is 0 Å². The normalized spacial score (nSPS) is 23.0. The summed E-state index contributed by atoms with van der Waals surface area (Å²) < 4.78 is 5.71. The molecule has 0 aromatic heterocycles. The van der Waals surface area contributed by atoms with E-state index in [4.69, 9.17) is 10.00 Å². The first-order valence-corrected chi connectivity index (χ1v) is 7.98. The van der Waals surface area contributed by atoms with Gasteiger partial charge in [-0.1, -0.05) is 32.4 Å². The first-order valence-electron chi connectivity index (χ1n) is 7.98. The average Bonchev–Trinajstić information content (AvgIpc) is 2.92. The smallest absolute Gasteiger partial charge is 0.119 e. The number of nitrogens with one attached hydrogen (secondary N) is 1. The predicted octanol–water partition coefficient (Wildman–Crippen LogP) is 4.06. The molecule has 0 amide bonds. The standard InChI is InChI=1S/C18H26N2O/c1-13(2)12-21-17-9-7-15(8-10-17)14(3)20-18-6-4-5-16(18)11-19/h7-10,13-14,16,18,20H,4-6,12H2,1-3H3. The van der Waals surface area contributed by atoms with Crippen LogP contribution < -0.4 is 10.1 Å². The Morgan fingerprint density at radius 2 is 1.95 bits per heavy atom. The summed E-state index contributed by atoms with van der Waals surface area (Å²) in [6, 6.07) is 11.3. The van der Waals surface area contributed by atoms with Crippen molar-refractivity contribution >= 4 is 0 Å². The first-order chi connectivity index (χ1) is 10.1. The average molecular weight is 286 g/mol. The summed E-state index contributed by atoms with van der Waals surface area (Å²) in [7, 11) is 0. The topological polar surface area (TPSA) is 45.0 Å². The molecule has 3 nitrogen and oxygen atoms in total. The lowest BCUT2D eigenvalue weighted by atomic mass is 10.0. The van der Waals surface area contributed by atoms with E-state index in [1.807, 2.05) is 12.1 Å². The molecule has 1 N–H and O–H groups in total. The molecule has 21 heavy (non-hydrogen) atoms. The highest BCUT2D eigenvalue weighted by Crippen LogP contribution is 2.27. The molecule has 3 atom stereocenters. The second-order valence-electron chi connectivity index (χ2n) is 6.44. The minimum atomic E-state index is 0.168. The summed E-state index contributed by atoms with van der Waals surface area (Å²) in [5.74, 6) is 1.63. The Kier molecular flexibility index (Phi) is 5.64. The molecule has 0 saturated heterocycles. The van der Waals surface area contributed by atoms with Gasteiger partial charge in [0, 0.05) is 12.1 Å². The molecular formula is C18H26N2O. The van der Waals surface area contributed by atoms with Gasteiger partial charge in [0.2, 0.25) is 0 Å². The maximum Gasteiger partial charge on any atom is 0.119 e. The van der Waals surface area contributed by atoms with Crippen molar-refractivity contribution in [3.8, 4) is 11.8 Å². The zero-order valence-corrected chi connectivity index (χ0v) is 13.3. The van der Waals surface area contributed by atoms with Crippen LogP contribution in [0.3, 0.4) is 0 Å². The van der Waals surface area contributed by atoms with E-state index in [0.717, 1.165) is 31.6 Å². The number of hydrogen-bond acceptors (Lipinski definition) is 3. The summed E-state index contributed by atoms with van der Waals surface area (Å²) in [4.78, 5) is 0. The van der Waals surface area contributed by atoms with Crippen molar-refractivity contribution in [1.29, 1.82) is 5.26 Å². The molecule has 1 aromatic rings. The van der Waals surface area contributed by atoms with Gasteiger partial charge in [-0.3, -0.25) is 0 Å². The van der Waals surface area contributed by atoms with Crippen LogP contribution in [0.1, 0.15) is 51.6 Å². The fourth-order valence-corrected chi connectivity index (χ4v) is 2.85. The molecule has 3 heteroatoms. The molecule has 0 heterocycles. The summed E-state index contributed by atoms with van der Waals surface area (Å²) in [5.41, 5.74) is 1.25. The van der Waals surface area contributed by atoms with Gasteiger partial charge in [0.1, 0.15) is 5.75 Å². The third kappa shape index (κ3) is 4.47. The van der Waals surface area contributed by atoms with Gasteiger partial charge >= 0.3 is 0 Å². The lowest BCUT2D eigenvalue weighted by Gasteiger charge is -2.22. The highest BCUT2D eigenvalue weighted by Gasteiger charge is 2.28. The van der Waals surface area contributed by atoms with E-state index in [-0.39, 0.29) is 12.0 Å². The first kappa shape index (κ1) is 15.9. The molecule has 1 fully saturated rings. The molecule has 2 rings (SSSR count). The molecule has 3 unspecified atom stereocenters. The largest absolute Gasteiger partial charge is 0.493 e. The Labute approximate surface area is 128 Å². The van der Waals surface area contributed by atoms with Crippen molar-refractivity contribution in [2.45, 2.75) is 52.1 Å². The number of rotatable bonds is 6. The highest BCUT2D eigenvalue weighted by atomic mass is 16.5. The summed E-state index contributed by atoms with van der Waals surface area (Å²) in [6.45, 7) is 7.21. The number of benzene rings is 1. The van der Waals surface area contributed by atoms with E-state index >= 15 is 0 Å². The number of nitriles is 1. The molecule has 0 radical (unpaired) electrons. The van der Waals surface area contributed by atoms with E-state index in [1.54, 1.807) is 0 Å². The van der Waals surface area contributed by atoms with Crippen LogP contribution in [-0.4, -0.2) is 12.6 Å². The fourth-order valence-electron chi connectivity index (χ4n) is 2.85. The highest BCUT2D eigenvalue weighted by molar-refractivity contribution is 5.29. The van der Waals surface area contributed by atoms with E-state index in [9.17, 15) is 0 Å². The van der Waals surface area contributed by atoms with Gasteiger partial charge in [0.05, 0.1) is 18.6 Å². The molecule has 0 spiro atoms. The van der Waals surface area contributed by atoms with Crippen LogP contribution in [0.4, 0.5) is 0 Å². The van der Waals surface area contributed by atoms with Gasteiger partial charge in [-0.25, -0.2) is 0 Å². The number of hydrogen-bond donors (Lipinski definition) is 1. The maximum absolute atomic E-state index is 9.15. The quantitative estimate of drug-likeness (QED) is 0.857. The van der Waals surface area contributed by atoms with Gasteiger partial charge < -0.3 is 10.1 Å². The molecule has 1 aromatic carbocycles. The van der Waals surface area contributed by atoms with E-state index in [2.05, 4.69) is 44.3 Å². The van der Waals surface area contributed by atoms with Crippen LogP contribution in [0.2, 0.25) is 0 Å². The number of nitrogens with zero attached hydrogens (tertiary/aromatic N) is 1. The fraction of sp³-hybridized carbons (Fsp3) is 0.611. The Morgan fingerprint density at radius 3 is 2.57 bits per heavy atom. The van der Waals surface area contributed by atoms with Crippen LogP contribution in [0.15, 0.2) is 24.3 Å². The Morgan fingerprint density at radius 1 is 1.24 bits per heavy atom. The van der Waals surface area contributed by atoms with Gasteiger partial charge in [0.15, 0.2) is 0 Å².